The zero-order chi connectivity index (χ0) is 18.4. The minimum atomic E-state index is -3.74. The highest BCUT2D eigenvalue weighted by Crippen LogP contribution is 2.32. The van der Waals surface area contributed by atoms with Crippen LogP contribution in [0.25, 0.3) is 0 Å². The Hall–Kier alpha value is -1.55. The normalized spacial score (nSPS) is 14.9. The monoisotopic (exact) mass is 407 g/mol. The SMILES string of the molecule is COc1ccc(S(=O)(=O)NCCC(=O)NC(CN)C2CC2)cc1OC.Cl. The van der Waals surface area contributed by atoms with E-state index in [0.717, 1.165) is 12.8 Å². The van der Waals surface area contributed by atoms with Crippen LogP contribution in [0.5, 0.6) is 11.5 Å². The second-order valence-corrected chi connectivity index (χ2v) is 7.68. The predicted octanol–water partition coefficient (Wildman–Crippen LogP) is 0.648. The average molecular weight is 408 g/mol. The number of hydrogen-bond donors (Lipinski definition) is 3. The van der Waals surface area contributed by atoms with Gasteiger partial charge in [0.15, 0.2) is 11.5 Å². The second-order valence-electron chi connectivity index (χ2n) is 5.91. The minimum Gasteiger partial charge on any atom is -0.493 e. The summed E-state index contributed by atoms with van der Waals surface area (Å²) in [6.07, 6.45) is 2.21. The van der Waals surface area contributed by atoms with Gasteiger partial charge in [-0.2, -0.15) is 0 Å². The standard InChI is InChI=1S/C16H25N3O5S.ClH/c1-23-14-6-5-12(9-15(14)24-2)25(21,22)18-8-7-16(20)19-13(10-17)11-3-4-11;/h5-6,9,11,13,18H,3-4,7-8,10,17H2,1-2H3,(H,19,20);1H. The number of sulfonamides is 1. The number of amides is 1. The first-order valence-electron chi connectivity index (χ1n) is 8.12. The molecule has 1 amide bonds. The van der Waals surface area contributed by atoms with Gasteiger partial charge in [-0.1, -0.05) is 0 Å². The molecule has 0 aromatic heterocycles. The average Bonchev–Trinajstić information content (AvgIpc) is 3.43. The molecule has 8 nitrogen and oxygen atoms in total. The molecular weight excluding hydrogens is 382 g/mol. The maximum Gasteiger partial charge on any atom is 0.240 e. The number of halogens is 1. The molecule has 0 heterocycles. The molecule has 0 saturated heterocycles. The van der Waals surface area contributed by atoms with Crippen molar-refractivity contribution in [1.29, 1.82) is 0 Å². The Morgan fingerprint density at radius 3 is 2.46 bits per heavy atom. The molecule has 4 N–H and O–H groups in total. The first kappa shape index (κ1) is 22.5. The van der Waals surface area contributed by atoms with Crippen molar-refractivity contribution in [2.24, 2.45) is 11.7 Å². The van der Waals surface area contributed by atoms with Gasteiger partial charge >= 0.3 is 0 Å². The molecular formula is C16H26ClN3O5S. The Morgan fingerprint density at radius 1 is 1.27 bits per heavy atom. The highest BCUT2D eigenvalue weighted by atomic mass is 35.5. The van der Waals surface area contributed by atoms with E-state index < -0.39 is 10.0 Å². The van der Waals surface area contributed by atoms with E-state index in [2.05, 4.69) is 10.0 Å². The Bertz CT molecular complexity index is 710. The van der Waals surface area contributed by atoms with Gasteiger partial charge in [0.1, 0.15) is 0 Å². The van der Waals surface area contributed by atoms with Crippen LogP contribution in [0, 0.1) is 5.92 Å². The first-order valence-corrected chi connectivity index (χ1v) is 9.60. The highest BCUT2D eigenvalue weighted by molar-refractivity contribution is 7.89. The van der Waals surface area contributed by atoms with Gasteiger partial charge in [0.05, 0.1) is 19.1 Å². The fraction of sp³-hybridized carbons (Fsp3) is 0.562. The zero-order valence-electron chi connectivity index (χ0n) is 14.9. The maximum absolute atomic E-state index is 12.3. The van der Waals surface area contributed by atoms with E-state index >= 15 is 0 Å². The number of nitrogens with two attached hydrogens (primary N) is 1. The molecule has 1 saturated carbocycles. The van der Waals surface area contributed by atoms with Crippen LogP contribution in [0.15, 0.2) is 23.1 Å². The summed E-state index contributed by atoms with van der Waals surface area (Å²) in [5, 5.41) is 2.85. The number of hydrogen-bond acceptors (Lipinski definition) is 6. The van der Waals surface area contributed by atoms with Crippen LogP contribution in [0.4, 0.5) is 0 Å². The van der Waals surface area contributed by atoms with Crippen molar-refractivity contribution in [2.45, 2.75) is 30.2 Å². The molecule has 26 heavy (non-hydrogen) atoms. The van der Waals surface area contributed by atoms with Crippen molar-refractivity contribution in [3.8, 4) is 11.5 Å². The molecule has 1 aromatic carbocycles. The quantitative estimate of drug-likeness (QED) is 0.523. The second kappa shape index (κ2) is 9.96. The van der Waals surface area contributed by atoms with Gasteiger partial charge < -0.3 is 20.5 Å². The van der Waals surface area contributed by atoms with Crippen LogP contribution in [-0.4, -0.2) is 47.7 Å². The van der Waals surface area contributed by atoms with Gasteiger partial charge in [-0.25, -0.2) is 13.1 Å². The smallest absolute Gasteiger partial charge is 0.240 e. The van der Waals surface area contributed by atoms with Crippen LogP contribution in [0.1, 0.15) is 19.3 Å². The number of rotatable bonds is 10. The lowest BCUT2D eigenvalue weighted by Crippen LogP contribution is -2.42. The Balaban J connectivity index is 0.00000338. The van der Waals surface area contributed by atoms with E-state index in [1.165, 1.54) is 32.4 Å². The van der Waals surface area contributed by atoms with Gasteiger partial charge in [0.25, 0.3) is 0 Å². The topological polar surface area (TPSA) is 120 Å². The molecule has 0 aliphatic heterocycles. The van der Waals surface area contributed by atoms with E-state index in [1.807, 2.05) is 0 Å². The number of methoxy groups -OCH3 is 2. The van der Waals surface area contributed by atoms with E-state index in [1.54, 1.807) is 0 Å². The Labute approximate surface area is 160 Å². The van der Waals surface area contributed by atoms with Crippen LogP contribution < -0.4 is 25.2 Å². The molecule has 148 valence electrons. The number of nitrogens with one attached hydrogen (secondary N) is 2. The highest BCUT2D eigenvalue weighted by Gasteiger charge is 2.31. The van der Waals surface area contributed by atoms with Crippen molar-refractivity contribution >= 4 is 28.3 Å². The molecule has 1 fully saturated rings. The summed E-state index contributed by atoms with van der Waals surface area (Å²) < 4.78 is 37.2. The lowest BCUT2D eigenvalue weighted by Gasteiger charge is -2.16. The molecule has 0 spiro atoms. The van der Waals surface area contributed by atoms with Gasteiger partial charge in [0, 0.05) is 31.6 Å². The van der Waals surface area contributed by atoms with Crippen LogP contribution in [-0.2, 0) is 14.8 Å². The Morgan fingerprint density at radius 2 is 1.92 bits per heavy atom. The van der Waals surface area contributed by atoms with Crippen molar-refractivity contribution in [1.82, 2.24) is 10.0 Å². The van der Waals surface area contributed by atoms with Crippen LogP contribution in [0.2, 0.25) is 0 Å². The number of benzene rings is 1. The third kappa shape index (κ3) is 6.01. The van der Waals surface area contributed by atoms with E-state index in [0.29, 0.717) is 24.0 Å². The zero-order valence-corrected chi connectivity index (χ0v) is 16.5. The summed E-state index contributed by atoms with van der Waals surface area (Å²) >= 11 is 0. The molecule has 10 heteroatoms. The number of carbonyl (C=O) groups excluding carboxylic acids is 1. The minimum absolute atomic E-state index is 0. The molecule has 1 aliphatic carbocycles. The van der Waals surface area contributed by atoms with Gasteiger partial charge in [-0.15, -0.1) is 12.4 Å². The fourth-order valence-electron chi connectivity index (χ4n) is 2.51. The van der Waals surface area contributed by atoms with Gasteiger partial charge in [-0.3, -0.25) is 4.79 Å². The van der Waals surface area contributed by atoms with E-state index in [4.69, 9.17) is 15.2 Å². The van der Waals surface area contributed by atoms with Crippen molar-refractivity contribution in [3.63, 3.8) is 0 Å². The molecule has 1 unspecified atom stereocenters. The molecule has 0 bridgehead atoms. The first-order chi connectivity index (χ1) is 11.9. The van der Waals surface area contributed by atoms with Gasteiger partial charge in [-0.05, 0) is 30.9 Å². The predicted molar refractivity (Wildman–Crippen MR) is 100 cm³/mol. The summed E-state index contributed by atoms with van der Waals surface area (Å²) in [7, 11) is -0.840. The van der Waals surface area contributed by atoms with Crippen molar-refractivity contribution < 1.29 is 22.7 Å². The summed E-state index contributed by atoms with van der Waals surface area (Å²) in [6, 6.07) is 4.29. The summed E-state index contributed by atoms with van der Waals surface area (Å²) in [5.74, 6) is 1.00. The summed E-state index contributed by atoms with van der Waals surface area (Å²) in [5.41, 5.74) is 5.64. The maximum atomic E-state index is 12.3. The fourth-order valence-corrected chi connectivity index (χ4v) is 3.56. The van der Waals surface area contributed by atoms with Crippen molar-refractivity contribution in [3.05, 3.63) is 18.2 Å². The number of carbonyl (C=O) groups is 1. The Kier molecular flexibility index (Phi) is 8.61. The van der Waals surface area contributed by atoms with Crippen molar-refractivity contribution in [2.75, 3.05) is 27.3 Å². The van der Waals surface area contributed by atoms with Crippen LogP contribution >= 0.6 is 12.4 Å². The third-order valence-electron chi connectivity index (χ3n) is 4.10. The largest absolute Gasteiger partial charge is 0.493 e. The lowest BCUT2D eigenvalue weighted by molar-refractivity contribution is -0.121. The lowest BCUT2D eigenvalue weighted by atomic mass is 10.2. The molecule has 0 radical (unpaired) electrons. The summed E-state index contributed by atoms with van der Waals surface area (Å²) in [6.45, 7) is 0.401. The molecule has 1 aliphatic rings. The summed E-state index contributed by atoms with van der Waals surface area (Å²) in [4.78, 5) is 12.0. The molecule has 2 rings (SSSR count). The van der Waals surface area contributed by atoms with Crippen LogP contribution in [0.3, 0.4) is 0 Å². The molecule has 1 aromatic rings. The van der Waals surface area contributed by atoms with E-state index in [9.17, 15) is 13.2 Å². The third-order valence-corrected chi connectivity index (χ3v) is 5.56. The van der Waals surface area contributed by atoms with E-state index in [-0.39, 0.29) is 42.2 Å². The number of ether oxygens (including phenoxy) is 2. The van der Waals surface area contributed by atoms with Gasteiger partial charge in [0.2, 0.25) is 15.9 Å². The molecule has 1 atom stereocenters.